The van der Waals surface area contributed by atoms with E-state index in [4.69, 9.17) is 9.47 Å². The van der Waals surface area contributed by atoms with E-state index in [1.807, 2.05) is 26.0 Å². The summed E-state index contributed by atoms with van der Waals surface area (Å²) in [6.45, 7) is 3.70. The van der Waals surface area contributed by atoms with Crippen LogP contribution in [-0.4, -0.2) is 33.8 Å². The maximum absolute atomic E-state index is 12.6. The molecule has 7 heteroatoms. The second kappa shape index (κ2) is 8.90. The maximum atomic E-state index is 12.6. The lowest BCUT2D eigenvalue weighted by Crippen LogP contribution is -2.39. The van der Waals surface area contributed by atoms with Gasteiger partial charge in [-0.05, 0) is 43.2 Å². The molecule has 2 aromatic carbocycles. The minimum absolute atomic E-state index is 0.246. The zero-order chi connectivity index (χ0) is 20.0. The molecule has 2 rings (SSSR count). The van der Waals surface area contributed by atoms with Crippen LogP contribution in [0, 0.1) is 0 Å². The van der Waals surface area contributed by atoms with Gasteiger partial charge >= 0.3 is 0 Å². The molecule has 0 aliphatic carbocycles. The third-order valence-electron chi connectivity index (χ3n) is 4.17. The van der Waals surface area contributed by atoms with E-state index in [1.54, 1.807) is 31.4 Å². The van der Waals surface area contributed by atoms with Gasteiger partial charge in [0.2, 0.25) is 0 Å². The molecule has 2 aromatic rings. The summed E-state index contributed by atoms with van der Waals surface area (Å²) in [6.07, 6.45) is 0.983. The summed E-state index contributed by atoms with van der Waals surface area (Å²) in [6, 6.07) is 13.3. The Hall–Kier alpha value is -2.54. The Kier molecular flexibility index (Phi) is 6.85. The van der Waals surface area contributed by atoms with Gasteiger partial charge in [-0.25, -0.2) is 8.42 Å². The predicted octanol–water partition coefficient (Wildman–Crippen LogP) is 3.13. The van der Waals surface area contributed by atoms with E-state index in [2.05, 4.69) is 5.32 Å². The van der Waals surface area contributed by atoms with Crippen molar-refractivity contribution in [3.8, 4) is 11.5 Å². The van der Waals surface area contributed by atoms with E-state index in [0.29, 0.717) is 17.9 Å². The van der Waals surface area contributed by atoms with Crippen LogP contribution in [0.25, 0.3) is 0 Å². The minimum atomic E-state index is -3.25. The van der Waals surface area contributed by atoms with Crippen LogP contribution >= 0.6 is 0 Å². The first-order chi connectivity index (χ1) is 12.8. The number of amides is 1. The van der Waals surface area contributed by atoms with Crippen molar-refractivity contribution in [2.45, 2.75) is 37.3 Å². The largest absolute Gasteiger partial charge is 0.493 e. The number of nitrogens with one attached hydrogen (secondary N) is 1. The lowest BCUT2D eigenvalue weighted by atomic mass is 10.1. The van der Waals surface area contributed by atoms with Crippen LogP contribution in [0.3, 0.4) is 0 Å². The molecule has 0 saturated heterocycles. The van der Waals surface area contributed by atoms with Gasteiger partial charge in [-0.1, -0.05) is 31.2 Å². The van der Waals surface area contributed by atoms with E-state index in [9.17, 15) is 13.2 Å². The highest BCUT2D eigenvalue weighted by atomic mass is 32.2. The van der Waals surface area contributed by atoms with E-state index in [1.165, 1.54) is 12.1 Å². The molecule has 0 saturated carbocycles. The Morgan fingerprint density at radius 3 is 2.19 bits per heavy atom. The lowest BCUT2D eigenvalue weighted by Gasteiger charge is -2.21. The standard InChI is InChI=1S/C20H25NO5S/c1-5-17(26-19-9-7-6-8-18(19)25-3)20(22)21-14(2)15-10-12-16(13-11-15)27(4,23)24/h6-14,17H,5H2,1-4H3,(H,21,22)/t14-,17-/m1/s1. The van der Waals surface area contributed by atoms with Crippen molar-refractivity contribution in [2.24, 2.45) is 0 Å². The van der Waals surface area contributed by atoms with Crippen molar-refractivity contribution in [2.75, 3.05) is 13.4 Å². The molecule has 0 fully saturated rings. The van der Waals surface area contributed by atoms with E-state index in [0.717, 1.165) is 11.8 Å². The topological polar surface area (TPSA) is 81.7 Å². The third kappa shape index (κ3) is 5.47. The highest BCUT2D eigenvalue weighted by Gasteiger charge is 2.22. The van der Waals surface area contributed by atoms with E-state index in [-0.39, 0.29) is 16.8 Å². The molecule has 0 bridgehead atoms. The van der Waals surface area contributed by atoms with Gasteiger partial charge in [0.05, 0.1) is 18.0 Å². The highest BCUT2D eigenvalue weighted by Crippen LogP contribution is 2.27. The highest BCUT2D eigenvalue weighted by molar-refractivity contribution is 7.90. The average Bonchev–Trinajstić information content (AvgIpc) is 2.65. The summed E-state index contributed by atoms with van der Waals surface area (Å²) in [5.74, 6) is 0.823. The number of carbonyl (C=O) groups excluding carboxylic acids is 1. The van der Waals surface area contributed by atoms with Gasteiger partial charge in [0.1, 0.15) is 0 Å². The number of sulfone groups is 1. The van der Waals surface area contributed by atoms with Crippen molar-refractivity contribution in [1.82, 2.24) is 5.32 Å². The number of para-hydroxylation sites is 2. The third-order valence-corrected chi connectivity index (χ3v) is 5.30. The fourth-order valence-corrected chi connectivity index (χ4v) is 3.22. The predicted molar refractivity (Wildman–Crippen MR) is 104 cm³/mol. The fourth-order valence-electron chi connectivity index (χ4n) is 2.59. The maximum Gasteiger partial charge on any atom is 0.261 e. The molecule has 0 unspecified atom stereocenters. The molecule has 2 atom stereocenters. The van der Waals surface area contributed by atoms with Crippen molar-refractivity contribution >= 4 is 15.7 Å². The van der Waals surface area contributed by atoms with Gasteiger partial charge in [0.15, 0.2) is 27.4 Å². The first-order valence-corrected chi connectivity index (χ1v) is 10.6. The van der Waals surface area contributed by atoms with Gasteiger partial charge in [0.25, 0.3) is 5.91 Å². The second-order valence-corrected chi connectivity index (χ2v) is 8.25. The average molecular weight is 391 g/mol. The molecule has 0 spiro atoms. The minimum Gasteiger partial charge on any atom is -0.493 e. The van der Waals surface area contributed by atoms with Gasteiger partial charge < -0.3 is 14.8 Å². The second-order valence-electron chi connectivity index (χ2n) is 6.24. The Labute approximate surface area is 160 Å². The monoisotopic (exact) mass is 391 g/mol. The molecule has 0 aliphatic heterocycles. The zero-order valence-corrected chi connectivity index (χ0v) is 16.7. The summed E-state index contributed by atoms with van der Waals surface area (Å²) >= 11 is 0. The lowest BCUT2D eigenvalue weighted by molar-refractivity contribution is -0.128. The molecular weight excluding hydrogens is 366 g/mol. The van der Waals surface area contributed by atoms with Crippen molar-refractivity contribution in [3.63, 3.8) is 0 Å². The zero-order valence-electron chi connectivity index (χ0n) is 15.9. The van der Waals surface area contributed by atoms with Crippen LogP contribution in [0.5, 0.6) is 11.5 Å². The molecular formula is C20H25NO5S. The smallest absolute Gasteiger partial charge is 0.261 e. The SMILES string of the molecule is CC[C@@H](Oc1ccccc1OC)C(=O)N[C@H](C)c1ccc(S(C)(=O)=O)cc1. The number of hydrogen-bond acceptors (Lipinski definition) is 5. The molecule has 1 N–H and O–H groups in total. The summed E-state index contributed by atoms with van der Waals surface area (Å²) in [5.41, 5.74) is 0.808. The quantitative estimate of drug-likeness (QED) is 0.748. The number of carbonyl (C=O) groups is 1. The van der Waals surface area contributed by atoms with E-state index >= 15 is 0 Å². The Balaban J connectivity index is 2.07. The van der Waals surface area contributed by atoms with Crippen LogP contribution in [0.1, 0.15) is 31.9 Å². The molecule has 0 aliphatic rings. The number of ether oxygens (including phenoxy) is 2. The molecule has 27 heavy (non-hydrogen) atoms. The molecule has 0 heterocycles. The summed E-state index contributed by atoms with van der Waals surface area (Å²) in [5, 5.41) is 2.91. The van der Waals surface area contributed by atoms with Gasteiger partial charge in [-0.3, -0.25) is 4.79 Å². The van der Waals surface area contributed by atoms with Crippen molar-refractivity contribution in [1.29, 1.82) is 0 Å². The summed E-state index contributed by atoms with van der Waals surface area (Å²) in [7, 11) is -1.70. The molecule has 146 valence electrons. The Morgan fingerprint density at radius 1 is 1.07 bits per heavy atom. The van der Waals surface area contributed by atoms with Crippen LogP contribution in [0.4, 0.5) is 0 Å². The molecule has 0 aromatic heterocycles. The number of methoxy groups -OCH3 is 1. The van der Waals surface area contributed by atoms with E-state index < -0.39 is 15.9 Å². The molecule has 6 nitrogen and oxygen atoms in total. The van der Waals surface area contributed by atoms with Crippen molar-refractivity contribution < 1.29 is 22.7 Å². The Morgan fingerprint density at radius 2 is 1.67 bits per heavy atom. The normalized spacial score (nSPS) is 13.5. The van der Waals surface area contributed by atoms with Crippen molar-refractivity contribution in [3.05, 3.63) is 54.1 Å². The number of benzene rings is 2. The first-order valence-electron chi connectivity index (χ1n) is 8.66. The van der Waals surface area contributed by atoms with Gasteiger partial charge in [-0.15, -0.1) is 0 Å². The summed E-state index contributed by atoms with van der Waals surface area (Å²) in [4.78, 5) is 12.9. The molecule has 1 amide bonds. The van der Waals surface area contributed by atoms with Crippen LogP contribution in [0.15, 0.2) is 53.4 Å². The van der Waals surface area contributed by atoms with Gasteiger partial charge in [-0.2, -0.15) is 0 Å². The van der Waals surface area contributed by atoms with Gasteiger partial charge in [0, 0.05) is 6.26 Å². The van der Waals surface area contributed by atoms with Crippen LogP contribution in [0.2, 0.25) is 0 Å². The molecule has 0 radical (unpaired) electrons. The van der Waals surface area contributed by atoms with Crippen LogP contribution < -0.4 is 14.8 Å². The Bertz CT molecular complexity index is 878. The first kappa shape index (κ1) is 20.8. The summed E-state index contributed by atoms with van der Waals surface area (Å²) < 4.78 is 34.2. The van der Waals surface area contributed by atoms with Crippen LogP contribution in [-0.2, 0) is 14.6 Å². The number of hydrogen-bond donors (Lipinski definition) is 1. The number of rotatable bonds is 8. The fraction of sp³-hybridized carbons (Fsp3) is 0.350.